The Morgan fingerprint density at radius 2 is 1.70 bits per heavy atom. The van der Waals surface area contributed by atoms with E-state index < -0.39 is 0 Å². The van der Waals surface area contributed by atoms with Crippen molar-refractivity contribution in [2.24, 2.45) is 5.73 Å². The largest absolute Gasteiger partial charge is 0.327 e. The van der Waals surface area contributed by atoms with E-state index in [1.165, 1.54) is 27.8 Å². The van der Waals surface area contributed by atoms with Crippen LogP contribution in [0.5, 0.6) is 0 Å². The smallest absolute Gasteiger partial charge is 0.00825 e. The minimum atomic E-state index is 0.232. The molecule has 2 N–H and O–H groups in total. The highest BCUT2D eigenvalue weighted by atomic mass is 14.6. The van der Waals surface area contributed by atoms with E-state index in [0.29, 0.717) is 0 Å². The molecule has 20 heavy (non-hydrogen) atoms. The number of nitrogens with two attached hydrogens (primary N) is 1. The minimum absolute atomic E-state index is 0.232. The molecule has 0 aromatic heterocycles. The lowest BCUT2D eigenvalue weighted by atomic mass is 9.95. The summed E-state index contributed by atoms with van der Waals surface area (Å²) >= 11 is 0. The van der Waals surface area contributed by atoms with Crippen molar-refractivity contribution in [2.45, 2.75) is 46.1 Å². The average molecular weight is 267 g/mol. The SMILES string of the molecule is Cc1cccc(CCC(N)Cc2cc(C)ccc2C)c1. The van der Waals surface area contributed by atoms with Gasteiger partial charge in [-0.1, -0.05) is 53.6 Å². The van der Waals surface area contributed by atoms with Gasteiger partial charge in [-0.05, 0) is 56.7 Å². The summed E-state index contributed by atoms with van der Waals surface area (Å²) in [6.07, 6.45) is 3.07. The van der Waals surface area contributed by atoms with Crippen LogP contribution in [-0.2, 0) is 12.8 Å². The summed E-state index contributed by atoms with van der Waals surface area (Å²) in [5.74, 6) is 0. The van der Waals surface area contributed by atoms with E-state index in [1.54, 1.807) is 0 Å². The molecular formula is C19H25N. The first kappa shape index (κ1) is 14.8. The molecule has 0 spiro atoms. The van der Waals surface area contributed by atoms with Crippen molar-refractivity contribution in [3.63, 3.8) is 0 Å². The predicted molar refractivity (Wildman–Crippen MR) is 87.1 cm³/mol. The van der Waals surface area contributed by atoms with Crippen molar-refractivity contribution >= 4 is 0 Å². The van der Waals surface area contributed by atoms with Gasteiger partial charge >= 0.3 is 0 Å². The third-order valence-corrected chi connectivity index (χ3v) is 3.87. The highest BCUT2D eigenvalue weighted by Gasteiger charge is 2.07. The fourth-order valence-corrected chi connectivity index (χ4v) is 2.62. The number of hydrogen-bond acceptors (Lipinski definition) is 1. The lowest BCUT2D eigenvalue weighted by Gasteiger charge is -2.14. The quantitative estimate of drug-likeness (QED) is 0.866. The van der Waals surface area contributed by atoms with Crippen molar-refractivity contribution in [3.05, 3.63) is 70.3 Å². The van der Waals surface area contributed by atoms with Gasteiger partial charge in [-0.3, -0.25) is 0 Å². The van der Waals surface area contributed by atoms with E-state index in [4.69, 9.17) is 5.73 Å². The zero-order valence-electron chi connectivity index (χ0n) is 12.8. The lowest BCUT2D eigenvalue weighted by Crippen LogP contribution is -2.24. The van der Waals surface area contributed by atoms with Gasteiger partial charge in [0.15, 0.2) is 0 Å². The van der Waals surface area contributed by atoms with Gasteiger partial charge in [0.1, 0.15) is 0 Å². The minimum Gasteiger partial charge on any atom is -0.327 e. The molecule has 0 aliphatic rings. The van der Waals surface area contributed by atoms with Crippen LogP contribution in [0.1, 0.15) is 34.2 Å². The summed E-state index contributed by atoms with van der Waals surface area (Å²) < 4.78 is 0. The third kappa shape index (κ3) is 4.21. The van der Waals surface area contributed by atoms with Crippen LogP contribution in [0.2, 0.25) is 0 Å². The maximum absolute atomic E-state index is 6.31. The van der Waals surface area contributed by atoms with Crippen LogP contribution in [0.15, 0.2) is 42.5 Å². The van der Waals surface area contributed by atoms with Crippen molar-refractivity contribution in [1.82, 2.24) is 0 Å². The Bertz CT molecular complexity index is 572. The Hall–Kier alpha value is -1.60. The molecule has 2 aromatic carbocycles. The maximum atomic E-state index is 6.31. The Morgan fingerprint density at radius 3 is 2.45 bits per heavy atom. The van der Waals surface area contributed by atoms with Crippen molar-refractivity contribution in [3.8, 4) is 0 Å². The van der Waals surface area contributed by atoms with E-state index in [-0.39, 0.29) is 6.04 Å². The molecule has 1 heteroatoms. The molecule has 0 aliphatic carbocycles. The molecule has 2 rings (SSSR count). The third-order valence-electron chi connectivity index (χ3n) is 3.87. The predicted octanol–water partition coefficient (Wildman–Crippen LogP) is 4.11. The maximum Gasteiger partial charge on any atom is 0.00825 e. The van der Waals surface area contributed by atoms with Crippen LogP contribution in [0, 0.1) is 20.8 Å². The first-order valence-electron chi connectivity index (χ1n) is 7.42. The van der Waals surface area contributed by atoms with Crippen LogP contribution < -0.4 is 5.73 Å². The molecule has 0 heterocycles. The second-order valence-electron chi connectivity index (χ2n) is 5.92. The molecule has 1 unspecified atom stereocenters. The topological polar surface area (TPSA) is 26.0 Å². The zero-order chi connectivity index (χ0) is 14.5. The summed E-state index contributed by atoms with van der Waals surface area (Å²) in [7, 11) is 0. The number of aryl methyl sites for hydroxylation is 4. The number of benzene rings is 2. The standard InChI is InChI=1S/C19H25N/c1-14-5-4-6-17(11-14)9-10-19(20)13-18-12-15(2)7-8-16(18)3/h4-8,11-12,19H,9-10,13,20H2,1-3H3. The molecular weight excluding hydrogens is 242 g/mol. The second kappa shape index (κ2) is 6.71. The monoisotopic (exact) mass is 267 g/mol. The Balaban J connectivity index is 1.92. The first-order valence-corrected chi connectivity index (χ1v) is 7.42. The van der Waals surface area contributed by atoms with E-state index >= 15 is 0 Å². The summed E-state index contributed by atoms with van der Waals surface area (Å²) in [4.78, 5) is 0. The van der Waals surface area contributed by atoms with Gasteiger partial charge in [0.25, 0.3) is 0 Å². The molecule has 0 saturated heterocycles. The van der Waals surface area contributed by atoms with E-state index in [1.807, 2.05) is 0 Å². The van der Waals surface area contributed by atoms with Gasteiger partial charge in [0, 0.05) is 6.04 Å². The van der Waals surface area contributed by atoms with Gasteiger partial charge < -0.3 is 5.73 Å². The summed E-state index contributed by atoms with van der Waals surface area (Å²) in [5, 5.41) is 0. The van der Waals surface area contributed by atoms with Crippen LogP contribution in [0.3, 0.4) is 0 Å². The Kier molecular flexibility index (Phi) is 4.97. The molecule has 0 bridgehead atoms. The first-order chi connectivity index (χ1) is 9.54. The molecule has 0 amide bonds. The summed E-state index contributed by atoms with van der Waals surface area (Å²) in [5.41, 5.74) is 13.1. The highest BCUT2D eigenvalue weighted by molar-refractivity contribution is 5.31. The van der Waals surface area contributed by atoms with Crippen molar-refractivity contribution < 1.29 is 0 Å². The zero-order valence-corrected chi connectivity index (χ0v) is 12.8. The van der Waals surface area contributed by atoms with Crippen molar-refractivity contribution in [2.75, 3.05) is 0 Å². The van der Waals surface area contributed by atoms with Crippen LogP contribution in [0.25, 0.3) is 0 Å². The summed E-state index contributed by atoms with van der Waals surface area (Å²) in [6.45, 7) is 6.45. The molecule has 2 aromatic rings. The molecule has 0 saturated carbocycles. The van der Waals surface area contributed by atoms with Gasteiger partial charge in [-0.2, -0.15) is 0 Å². The second-order valence-corrected chi connectivity index (χ2v) is 5.92. The van der Waals surface area contributed by atoms with E-state index in [9.17, 15) is 0 Å². The number of hydrogen-bond donors (Lipinski definition) is 1. The average Bonchev–Trinajstić information content (AvgIpc) is 2.41. The van der Waals surface area contributed by atoms with E-state index in [0.717, 1.165) is 19.3 Å². The van der Waals surface area contributed by atoms with Gasteiger partial charge in [0.2, 0.25) is 0 Å². The molecule has 1 nitrogen and oxygen atoms in total. The van der Waals surface area contributed by atoms with Gasteiger partial charge in [0.05, 0.1) is 0 Å². The van der Waals surface area contributed by atoms with Crippen LogP contribution >= 0.6 is 0 Å². The Morgan fingerprint density at radius 1 is 0.950 bits per heavy atom. The van der Waals surface area contributed by atoms with Gasteiger partial charge in [-0.15, -0.1) is 0 Å². The summed E-state index contributed by atoms with van der Waals surface area (Å²) in [6, 6.07) is 15.6. The molecule has 106 valence electrons. The fourth-order valence-electron chi connectivity index (χ4n) is 2.62. The van der Waals surface area contributed by atoms with E-state index in [2.05, 4.69) is 63.2 Å². The van der Waals surface area contributed by atoms with Crippen molar-refractivity contribution in [1.29, 1.82) is 0 Å². The molecule has 0 fully saturated rings. The number of rotatable bonds is 5. The fraction of sp³-hybridized carbons (Fsp3) is 0.368. The molecule has 0 radical (unpaired) electrons. The van der Waals surface area contributed by atoms with Crippen LogP contribution in [0.4, 0.5) is 0 Å². The van der Waals surface area contributed by atoms with Gasteiger partial charge in [-0.25, -0.2) is 0 Å². The normalized spacial score (nSPS) is 12.4. The lowest BCUT2D eigenvalue weighted by molar-refractivity contribution is 0.608. The van der Waals surface area contributed by atoms with Crippen LogP contribution in [-0.4, -0.2) is 6.04 Å². The molecule has 1 atom stereocenters. The molecule has 0 aliphatic heterocycles. The Labute approximate surface area is 122 Å². The highest BCUT2D eigenvalue weighted by Crippen LogP contribution is 2.15.